The van der Waals surface area contributed by atoms with Gasteiger partial charge in [0.25, 0.3) is 5.91 Å². The van der Waals surface area contributed by atoms with Crippen molar-refractivity contribution in [3.8, 4) is 11.5 Å². The Morgan fingerprint density at radius 1 is 1.40 bits per heavy atom. The molecule has 0 saturated heterocycles. The van der Waals surface area contributed by atoms with E-state index >= 15 is 0 Å². The molecule has 1 aromatic carbocycles. The van der Waals surface area contributed by atoms with E-state index in [4.69, 9.17) is 9.47 Å². The van der Waals surface area contributed by atoms with Crippen LogP contribution in [0.25, 0.3) is 0 Å². The van der Waals surface area contributed by atoms with Crippen LogP contribution in [0.1, 0.15) is 10.4 Å². The van der Waals surface area contributed by atoms with Crippen LogP contribution in [0, 0.1) is 6.07 Å². The van der Waals surface area contributed by atoms with Gasteiger partial charge < -0.3 is 14.8 Å². The third-order valence-corrected chi connectivity index (χ3v) is 2.58. The number of amides is 1. The van der Waals surface area contributed by atoms with Gasteiger partial charge in [-0.1, -0.05) is 6.07 Å². The molecule has 20 heavy (non-hydrogen) atoms. The summed E-state index contributed by atoms with van der Waals surface area (Å²) in [5, 5.41) is 2.75. The van der Waals surface area contributed by atoms with E-state index in [2.05, 4.69) is 16.4 Å². The number of methoxy groups -OCH3 is 1. The number of rotatable bonds is 6. The molecule has 0 aliphatic carbocycles. The van der Waals surface area contributed by atoms with Gasteiger partial charge >= 0.3 is 0 Å². The Labute approximate surface area is 117 Å². The first-order chi connectivity index (χ1) is 9.81. The van der Waals surface area contributed by atoms with Crippen molar-refractivity contribution < 1.29 is 14.3 Å². The van der Waals surface area contributed by atoms with E-state index < -0.39 is 0 Å². The lowest BCUT2D eigenvalue weighted by molar-refractivity contribution is 0.0946. The van der Waals surface area contributed by atoms with Gasteiger partial charge in [0.15, 0.2) is 11.5 Å². The molecule has 5 heteroatoms. The second-order valence-corrected chi connectivity index (χ2v) is 3.92. The zero-order valence-corrected chi connectivity index (χ0v) is 11.1. The standard InChI is InChI=1S/C15H15N2O3/c1-19-13-6-2-3-7-14(13)20-10-9-17-15(18)12-5-4-8-16-11-12/h3-8,11H,9-10H2,1H3,(H,17,18). The number of carbonyl (C=O) groups is 1. The highest BCUT2D eigenvalue weighted by atomic mass is 16.5. The molecule has 0 aliphatic rings. The Morgan fingerprint density at radius 3 is 3.05 bits per heavy atom. The predicted octanol–water partition coefficient (Wildman–Crippen LogP) is 1.70. The third-order valence-electron chi connectivity index (χ3n) is 2.58. The molecule has 0 spiro atoms. The molecular weight excluding hydrogens is 256 g/mol. The minimum atomic E-state index is -0.171. The number of ether oxygens (including phenoxy) is 2. The van der Waals surface area contributed by atoms with Crippen LogP contribution in [0.5, 0.6) is 11.5 Å². The molecular formula is C15H15N2O3. The predicted molar refractivity (Wildman–Crippen MR) is 73.9 cm³/mol. The van der Waals surface area contributed by atoms with E-state index in [0.717, 1.165) is 0 Å². The van der Waals surface area contributed by atoms with Gasteiger partial charge in [-0.15, -0.1) is 0 Å². The average Bonchev–Trinajstić information content (AvgIpc) is 2.52. The molecule has 1 heterocycles. The summed E-state index contributed by atoms with van der Waals surface area (Å²) in [7, 11) is 1.57. The van der Waals surface area contributed by atoms with Crippen molar-refractivity contribution >= 4 is 5.91 Å². The Balaban J connectivity index is 1.78. The van der Waals surface area contributed by atoms with Crippen LogP contribution in [0.3, 0.4) is 0 Å². The second kappa shape index (κ2) is 7.13. The summed E-state index contributed by atoms with van der Waals surface area (Å²) in [4.78, 5) is 15.6. The molecule has 0 atom stereocenters. The SMILES string of the molecule is COc1c[c]ccc1OCCNC(=O)c1cccnc1. The number of hydrogen-bond donors (Lipinski definition) is 1. The van der Waals surface area contributed by atoms with Gasteiger partial charge in [0, 0.05) is 12.4 Å². The first kappa shape index (κ1) is 13.9. The van der Waals surface area contributed by atoms with Gasteiger partial charge in [0.05, 0.1) is 19.2 Å². The topological polar surface area (TPSA) is 60.5 Å². The number of aromatic nitrogens is 1. The van der Waals surface area contributed by atoms with Gasteiger partial charge in [-0.2, -0.15) is 0 Å². The Morgan fingerprint density at radius 2 is 2.30 bits per heavy atom. The molecule has 103 valence electrons. The molecule has 2 aromatic rings. The van der Waals surface area contributed by atoms with E-state index in [-0.39, 0.29) is 5.91 Å². The molecule has 1 N–H and O–H groups in total. The zero-order valence-electron chi connectivity index (χ0n) is 11.1. The molecule has 0 bridgehead atoms. The highest BCUT2D eigenvalue weighted by molar-refractivity contribution is 5.93. The Bertz CT molecular complexity index is 558. The number of nitrogens with zero attached hydrogens (tertiary/aromatic N) is 1. The van der Waals surface area contributed by atoms with Crippen molar-refractivity contribution in [2.75, 3.05) is 20.3 Å². The van der Waals surface area contributed by atoms with Crippen LogP contribution in [-0.2, 0) is 0 Å². The van der Waals surface area contributed by atoms with E-state index in [1.54, 1.807) is 43.6 Å². The average molecular weight is 271 g/mol. The van der Waals surface area contributed by atoms with Crippen LogP contribution in [0.15, 0.2) is 42.7 Å². The maximum atomic E-state index is 11.7. The lowest BCUT2D eigenvalue weighted by atomic mass is 10.3. The van der Waals surface area contributed by atoms with Gasteiger partial charge in [-0.3, -0.25) is 9.78 Å². The fourth-order valence-electron chi connectivity index (χ4n) is 1.60. The van der Waals surface area contributed by atoms with E-state index in [1.165, 1.54) is 6.20 Å². The van der Waals surface area contributed by atoms with Crippen molar-refractivity contribution in [1.29, 1.82) is 0 Å². The molecule has 1 radical (unpaired) electrons. The van der Waals surface area contributed by atoms with Crippen molar-refractivity contribution in [3.63, 3.8) is 0 Å². The lowest BCUT2D eigenvalue weighted by Gasteiger charge is -2.10. The number of pyridine rings is 1. The fraction of sp³-hybridized carbons (Fsp3) is 0.200. The van der Waals surface area contributed by atoms with Crippen molar-refractivity contribution in [3.05, 3.63) is 54.4 Å². The number of carbonyl (C=O) groups excluding carboxylic acids is 1. The summed E-state index contributed by atoms with van der Waals surface area (Å²) >= 11 is 0. The van der Waals surface area contributed by atoms with Crippen LogP contribution in [-0.4, -0.2) is 31.2 Å². The molecule has 0 aliphatic heterocycles. The van der Waals surface area contributed by atoms with Crippen LogP contribution in [0.2, 0.25) is 0 Å². The normalized spacial score (nSPS) is 9.85. The molecule has 2 rings (SSSR count). The summed E-state index contributed by atoms with van der Waals surface area (Å²) < 4.78 is 10.7. The second-order valence-electron chi connectivity index (χ2n) is 3.92. The van der Waals surface area contributed by atoms with Crippen LogP contribution >= 0.6 is 0 Å². The first-order valence-electron chi connectivity index (χ1n) is 6.16. The third kappa shape index (κ3) is 3.71. The molecule has 0 fully saturated rings. The Hall–Kier alpha value is -2.56. The zero-order chi connectivity index (χ0) is 14.2. The van der Waals surface area contributed by atoms with Gasteiger partial charge in [0.1, 0.15) is 6.61 Å². The van der Waals surface area contributed by atoms with Crippen LogP contribution in [0.4, 0.5) is 0 Å². The minimum Gasteiger partial charge on any atom is -0.493 e. The van der Waals surface area contributed by atoms with E-state index in [1.807, 2.05) is 0 Å². The summed E-state index contributed by atoms with van der Waals surface area (Å²) in [6.07, 6.45) is 3.14. The van der Waals surface area contributed by atoms with Gasteiger partial charge in [-0.25, -0.2) is 0 Å². The van der Waals surface area contributed by atoms with Gasteiger partial charge in [0.2, 0.25) is 0 Å². The highest BCUT2D eigenvalue weighted by Gasteiger charge is 2.05. The van der Waals surface area contributed by atoms with Crippen LogP contribution < -0.4 is 14.8 Å². The first-order valence-corrected chi connectivity index (χ1v) is 6.16. The Kier molecular flexibility index (Phi) is 4.94. The van der Waals surface area contributed by atoms with Gasteiger partial charge in [-0.05, 0) is 30.3 Å². The summed E-state index contributed by atoms with van der Waals surface area (Å²) in [5.74, 6) is 1.07. The van der Waals surface area contributed by atoms with E-state index in [9.17, 15) is 4.79 Å². The van der Waals surface area contributed by atoms with E-state index in [0.29, 0.717) is 30.2 Å². The summed E-state index contributed by atoms with van der Waals surface area (Å²) in [5.41, 5.74) is 0.527. The quantitative estimate of drug-likeness (QED) is 0.812. The number of nitrogens with one attached hydrogen (secondary N) is 1. The molecule has 0 unspecified atom stereocenters. The smallest absolute Gasteiger partial charge is 0.252 e. The summed E-state index contributed by atoms with van der Waals surface area (Å²) in [6, 6.07) is 11.5. The molecule has 1 aromatic heterocycles. The van der Waals surface area contributed by atoms with Crippen molar-refractivity contribution in [2.45, 2.75) is 0 Å². The number of benzene rings is 1. The summed E-state index contributed by atoms with van der Waals surface area (Å²) in [6.45, 7) is 0.752. The lowest BCUT2D eigenvalue weighted by Crippen LogP contribution is -2.28. The monoisotopic (exact) mass is 271 g/mol. The maximum absolute atomic E-state index is 11.7. The largest absolute Gasteiger partial charge is 0.493 e. The minimum absolute atomic E-state index is 0.171. The molecule has 1 amide bonds. The van der Waals surface area contributed by atoms with Crippen molar-refractivity contribution in [1.82, 2.24) is 10.3 Å². The fourth-order valence-corrected chi connectivity index (χ4v) is 1.60. The molecule has 0 saturated carbocycles. The molecule has 5 nitrogen and oxygen atoms in total. The number of hydrogen-bond acceptors (Lipinski definition) is 4. The maximum Gasteiger partial charge on any atom is 0.252 e. The highest BCUT2D eigenvalue weighted by Crippen LogP contribution is 2.25. The van der Waals surface area contributed by atoms with Crippen molar-refractivity contribution in [2.24, 2.45) is 0 Å².